The highest BCUT2D eigenvalue weighted by atomic mass is 16.6. The molecule has 2 heteroatoms. The van der Waals surface area contributed by atoms with Crippen molar-refractivity contribution in [2.45, 2.75) is 31.5 Å². The van der Waals surface area contributed by atoms with Crippen molar-refractivity contribution in [1.82, 2.24) is 0 Å². The number of carbonyl (C=O) groups is 1. The highest BCUT2D eigenvalue weighted by Gasteiger charge is 2.60. The van der Waals surface area contributed by atoms with E-state index in [9.17, 15) is 4.79 Å². The van der Waals surface area contributed by atoms with Crippen molar-refractivity contribution in [1.29, 1.82) is 0 Å². The largest absolute Gasteiger partial charge is 0.358 e. The Hall–Kier alpha value is -0.370. The first-order valence-electron chi connectivity index (χ1n) is 2.93. The van der Waals surface area contributed by atoms with Crippen LogP contribution in [0.3, 0.4) is 0 Å². The third-order valence-electron chi connectivity index (χ3n) is 2.04. The van der Waals surface area contributed by atoms with Gasteiger partial charge in [0, 0.05) is 6.42 Å². The third kappa shape index (κ3) is 0.348. The molecule has 0 aromatic heterocycles. The molecule has 2 fully saturated rings. The summed E-state index contributed by atoms with van der Waals surface area (Å²) in [6, 6.07) is 0. The minimum absolute atomic E-state index is 0.0116. The molecule has 2 atom stereocenters. The van der Waals surface area contributed by atoms with Crippen molar-refractivity contribution in [2.24, 2.45) is 0 Å². The molecule has 2 unspecified atom stereocenters. The zero-order valence-corrected chi connectivity index (χ0v) is 4.81. The fourth-order valence-electron chi connectivity index (χ4n) is 1.33. The summed E-state index contributed by atoms with van der Waals surface area (Å²) in [6.07, 6.45) is 1.67. The van der Waals surface area contributed by atoms with Crippen molar-refractivity contribution in [3.05, 3.63) is 0 Å². The fraction of sp³-hybridized carbons (Fsp3) is 0.833. The molecule has 0 amide bonds. The van der Waals surface area contributed by atoms with Crippen molar-refractivity contribution in [2.75, 3.05) is 0 Å². The van der Waals surface area contributed by atoms with Gasteiger partial charge in [0.25, 0.3) is 0 Å². The minimum atomic E-state index is -0.0168. The van der Waals surface area contributed by atoms with Crippen LogP contribution in [0.1, 0.15) is 19.8 Å². The van der Waals surface area contributed by atoms with Crippen LogP contribution in [-0.4, -0.2) is 17.5 Å². The lowest BCUT2D eigenvalue weighted by Crippen LogP contribution is -2.02. The van der Waals surface area contributed by atoms with E-state index in [1.165, 1.54) is 0 Å². The molecule has 0 N–H and O–H groups in total. The first kappa shape index (κ1) is 4.50. The Bertz CT molecular complexity index is 153. The topological polar surface area (TPSA) is 29.6 Å². The van der Waals surface area contributed by atoms with Gasteiger partial charge in [-0.3, -0.25) is 4.79 Å². The highest BCUT2D eigenvalue weighted by Crippen LogP contribution is 2.46. The Morgan fingerprint density at radius 1 is 1.88 bits per heavy atom. The van der Waals surface area contributed by atoms with Crippen LogP contribution in [0, 0.1) is 0 Å². The molecule has 1 aliphatic carbocycles. The van der Waals surface area contributed by atoms with E-state index in [4.69, 9.17) is 4.74 Å². The van der Waals surface area contributed by atoms with Gasteiger partial charge in [-0.05, 0) is 13.3 Å². The van der Waals surface area contributed by atoms with E-state index in [-0.39, 0.29) is 11.7 Å². The smallest absolute Gasteiger partial charge is 0.164 e. The van der Waals surface area contributed by atoms with E-state index in [2.05, 4.69) is 0 Å². The van der Waals surface area contributed by atoms with Gasteiger partial charge in [0.15, 0.2) is 5.78 Å². The number of hydrogen-bond acceptors (Lipinski definition) is 2. The van der Waals surface area contributed by atoms with Gasteiger partial charge in [-0.1, -0.05) is 0 Å². The van der Waals surface area contributed by atoms with E-state index in [1.54, 1.807) is 0 Å². The summed E-state index contributed by atoms with van der Waals surface area (Å²) >= 11 is 0. The van der Waals surface area contributed by atoms with E-state index in [0.29, 0.717) is 5.78 Å². The Balaban J connectivity index is 2.26. The van der Waals surface area contributed by atoms with Crippen molar-refractivity contribution < 1.29 is 9.53 Å². The van der Waals surface area contributed by atoms with Crippen LogP contribution in [0.4, 0.5) is 0 Å². The molecule has 0 aromatic rings. The zero-order valence-electron chi connectivity index (χ0n) is 4.81. The summed E-state index contributed by atoms with van der Waals surface area (Å²) in [6.45, 7) is 2.00. The molecule has 2 aliphatic rings. The molecule has 0 spiro atoms. The second-order valence-corrected chi connectivity index (χ2v) is 2.78. The average molecular weight is 112 g/mol. The average Bonchev–Trinajstić information content (AvgIpc) is 2.32. The van der Waals surface area contributed by atoms with Crippen LogP contribution in [0.5, 0.6) is 0 Å². The summed E-state index contributed by atoms with van der Waals surface area (Å²) in [4.78, 5) is 10.7. The molecule has 44 valence electrons. The van der Waals surface area contributed by atoms with Crippen molar-refractivity contribution in [3.8, 4) is 0 Å². The molecular weight excluding hydrogens is 104 g/mol. The van der Waals surface area contributed by atoms with Crippen LogP contribution in [-0.2, 0) is 9.53 Å². The molecule has 1 saturated heterocycles. The fourth-order valence-corrected chi connectivity index (χ4v) is 1.33. The predicted octanol–water partition coefficient (Wildman–Crippen LogP) is 0.507. The van der Waals surface area contributed by atoms with Crippen LogP contribution >= 0.6 is 0 Å². The van der Waals surface area contributed by atoms with Crippen molar-refractivity contribution >= 4 is 5.78 Å². The second kappa shape index (κ2) is 0.982. The molecule has 1 heterocycles. The van der Waals surface area contributed by atoms with E-state index >= 15 is 0 Å². The van der Waals surface area contributed by atoms with Crippen LogP contribution in [0.15, 0.2) is 0 Å². The number of carbonyl (C=O) groups excluding carboxylic acids is 1. The predicted molar refractivity (Wildman–Crippen MR) is 27.5 cm³/mol. The van der Waals surface area contributed by atoms with Gasteiger partial charge in [-0.2, -0.15) is 0 Å². The maximum absolute atomic E-state index is 10.7. The van der Waals surface area contributed by atoms with Crippen LogP contribution < -0.4 is 0 Å². The van der Waals surface area contributed by atoms with Crippen molar-refractivity contribution in [3.63, 3.8) is 0 Å². The first-order valence-corrected chi connectivity index (χ1v) is 2.93. The Morgan fingerprint density at radius 3 is 2.75 bits per heavy atom. The Labute approximate surface area is 47.8 Å². The number of epoxide rings is 1. The van der Waals surface area contributed by atoms with E-state index in [1.807, 2.05) is 6.92 Å². The van der Waals surface area contributed by atoms with Gasteiger partial charge in [0.1, 0.15) is 11.7 Å². The quantitative estimate of drug-likeness (QED) is 0.427. The summed E-state index contributed by atoms with van der Waals surface area (Å²) in [5.41, 5.74) is -0.0168. The number of ether oxygens (including phenoxy) is 1. The second-order valence-electron chi connectivity index (χ2n) is 2.78. The summed E-state index contributed by atoms with van der Waals surface area (Å²) < 4.78 is 5.10. The lowest BCUT2D eigenvalue weighted by atomic mass is 10.1. The third-order valence-corrected chi connectivity index (χ3v) is 2.04. The molecule has 1 aliphatic heterocycles. The first-order chi connectivity index (χ1) is 3.72. The zero-order chi connectivity index (χ0) is 5.78. The van der Waals surface area contributed by atoms with Crippen LogP contribution in [0.2, 0.25) is 0 Å². The monoisotopic (exact) mass is 112 g/mol. The molecule has 8 heavy (non-hydrogen) atoms. The molecular formula is C6H8O2. The number of fused-ring (bicyclic) bond motifs is 1. The molecule has 2 nitrogen and oxygen atoms in total. The summed E-state index contributed by atoms with van der Waals surface area (Å²) in [7, 11) is 0. The maximum atomic E-state index is 10.7. The lowest BCUT2D eigenvalue weighted by molar-refractivity contribution is -0.119. The Morgan fingerprint density at radius 2 is 2.62 bits per heavy atom. The lowest BCUT2D eigenvalue weighted by Gasteiger charge is -1.92. The standard InChI is InChI=1S/C6H8O2/c1-6-3-2-4(7)5(6)8-6/h5H,2-3H2,1H3. The van der Waals surface area contributed by atoms with Gasteiger partial charge in [-0.15, -0.1) is 0 Å². The van der Waals surface area contributed by atoms with E-state index in [0.717, 1.165) is 12.8 Å². The number of rotatable bonds is 0. The van der Waals surface area contributed by atoms with Gasteiger partial charge >= 0.3 is 0 Å². The SMILES string of the molecule is CC12CCC(=O)C1O2. The van der Waals surface area contributed by atoms with E-state index < -0.39 is 0 Å². The summed E-state index contributed by atoms with van der Waals surface area (Å²) in [5, 5.41) is 0. The van der Waals surface area contributed by atoms with Gasteiger partial charge in [-0.25, -0.2) is 0 Å². The van der Waals surface area contributed by atoms with Gasteiger partial charge < -0.3 is 4.74 Å². The number of ketones is 1. The van der Waals surface area contributed by atoms with Gasteiger partial charge in [0.2, 0.25) is 0 Å². The normalized spacial score (nSPS) is 51.6. The maximum Gasteiger partial charge on any atom is 0.164 e. The Kier molecular flexibility index (Phi) is 0.553. The molecule has 0 aromatic carbocycles. The molecule has 0 radical (unpaired) electrons. The molecule has 2 rings (SSSR count). The molecule has 0 bridgehead atoms. The van der Waals surface area contributed by atoms with Crippen LogP contribution in [0.25, 0.3) is 0 Å². The highest BCUT2D eigenvalue weighted by molar-refractivity contribution is 5.89. The number of hydrogen-bond donors (Lipinski definition) is 0. The summed E-state index contributed by atoms with van der Waals surface area (Å²) in [5.74, 6) is 0.299. The minimum Gasteiger partial charge on any atom is -0.358 e. The van der Waals surface area contributed by atoms with Gasteiger partial charge in [0.05, 0.1) is 0 Å². The number of Topliss-reactive ketones (excluding diaryl/α,β-unsaturated/α-hetero) is 1. The molecule has 1 saturated carbocycles.